The maximum Gasteiger partial charge on any atom is -0.0146 e. The highest BCUT2D eigenvalue weighted by Gasteiger charge is 2.42. The second kappa shape index (κ2) is 5.31. The van der Waals surface area contributed by atoms with Gasteiger partial charge in [-0.05, 0) is 74.7 Å². The van der Waals surface area contributed by atoms with Crippen LogP contribution in [0.1, 0.15) is 71.1 Å². The van der Waals surface area contributed by atoms with Gasteiger partial charge in [-0.1, -0.05) is 43.2 Å². The number of rotatable bonds is 1. The molecule has 0 bridgehead atoms. The Morgan fingerprint density at radius 2 is 1.79 bits per heavy atom. The summed E-state index contributed by atoms with van der Waals surface area (Å²) >= 11 is 0. The summed E-state index contributed by atoms with van der Waals surface area (Å²) in [5, 5.41) is 0. The first-order chi connectivity index (χ1) is 9.19. The van der Waals surface area contributed by atoms with Gasteiger partial charge in [-0.15, -0.1) is 0 Å². The monoisotopic (exact) mass is 256 g/mol. The van der Waals surface area contributed by atoms with Gasteiger partial charge in [0.05, 0.1) is 0 Å². The Morgan fingerprint density at radius 3 is 2.63 bits per heavy atom. The van der Waals surface area contributed by atoms with Crippen LogP contribution in [0.25, 0.3) is 0 Å². The molecule has 3 aliphatic rings. The van der Waals surface area contributed by atoms with E-state index in [4.69, 9.17) is 0 Å². The molecule has 3 rings (SSSR count). The van der Waals surface area contributed by atoms with E-state index in [2.05, 4.69) is 25.7 Å². The summed E-state index contributed by atoms with van der Waals surface area (Å²) in [6, 6.07) is 0. The fourth-order valence-corrected chi connectivity index (χ4v) is 4.63. The Bertz CT molecular complexity index is 423. The van der Waals surface area contributed by atoms with E-state index >= 15 is 0 Å². The van der Waals surface area contributed by atoms with E-state index in [1.165, 1.54) is 75.4 Å². The molecule has 0 aliphatic heterocycles. The van der Waals surface area contributed by atoms with Gasteiger partial charge >= 0.3 is 0 Å². The minimum atomic E-state index is 0.631. The molecule has 19 heavy (non-hydrogen) atoms. The van der Waals surface area contributed by atoms with Crippen LogP contribution in [0.3, 0.4) is 0 Å². The van der Waals surface area contributed by atoms with Crippen LogP contribution < -0.4 is 0 Å². The third-order valence-corrected chi connectivity index (χ3v) is 5.87. The van der Waals surface area contributed by atoms with Crippen molar-refractivity contribution < 1.29 is 0 Å². The topological polar surface area (TPSA) is 0 Å². The zero-order valence-electron chi connectivity index (χ0n) is 12.5. The molecular formula is C19H28. The van der Waals surface area contributed by atoms with E-state index in [1.54, 1.807) is 5.57 Å². The van der Waals surface area contributed by atoms with Crippen LogP contribution in [0.2, 0.25) is 0 Å². The molecule has 0 amide bonds. The van der Waals surface area contributed by atoms with Crippen LogP contribution in [0.4, 0.5) is 0 Å². The average molecular weight is 256 g/mol. The molecule has 0 aromatic carbocycles. The second-order valence-electron chi connectivity index (χ2n) is 7.20. The van der Waals surface area contributed by atoms with Crippen LogP contribution in [0, 0.1) is 11.3 Å². The van der Waals surface area contributed by atoms with Gasteiger partial charge < -0.3 is 0 Å². The Morgan fingerprint density at radius 1 is 1.00 bits per heavy atom. The van der Waals surface area contributed by atoms with Gasteiger partial charge in [-0.3, -0.25) is 0 Å². The number of allylic oxidation sites excluding steroid dienone is 5. The summed E-state index contributed by atoms with van der Waals surface area (Å²) in [6.45, 7) is 6.77. The summed E-state index contributed by atoms with van der Waals surface area (Å²) in [6.07, 6.45) is 18.6. The Hall–Kier alpha value is -0.780. The molecular weight excluding hydrogens is 228 g/mol. The normalized spacial score (nSPS) is 39.8. The van der Waals surface area contributed by atoms with E-state index in [-0.39, 0.29) is 0 Å². The van der Waals surface area contributed by atoms with Crippen molar-refractivity contribution in [2.24, 2.45) is 11.3 Å². The van der Waals surface area contributed by atoms with Gasteiger partial charge in [0.25, 0.3) is 0 Å². The van der Waals surface area contributed by atoms with Crippen molar-refractivity contribution >= 4 is 0 Å². The molecule has 0 spiro atoms. The predicted octanol–water partition coefficient (Wildman–Crippen LogP) is 5.96. The molecule has 3 saturated carbocycles. The Balaban J connectivity index is 1.79. The van der Waals surface area contributed by atoms with Crippen LogP contribution in [0.5, 0.6) is 0 Å². The quantitative estimate of drug-likeness (QED) is 0.543. The lowest BCUT2D eigenvalue weighted by Gasteiger charge is -2.38. The Kier molecular flexibility index (Phi) is 3.69. The molecule has 0 heteroatoms. The first-order valence-electron chi connectivity index (χ1n) is 8.27. The van der Waals surface area contributed by atoms with Gasteiger partial charge in [0.1, 0.15) is 0 Å². The Labute approximate surface area is 118 Å². The first kappa shape index (κ1) is 13.2. The van der Waals surface area contributed by atoms with Gasteiger partial charge in [0.15, 0.2) is 0 Å². The molecule has 2 unspecified atom stereocenters. The van der Waals surface area contributed by atoms with Gasteiger partial charge in [-0.25, -0.2) is 0 Å². The number of fused-ring (bicyclic) bond motifs is 1. The molecule has 0 saturated heterocycles. The molecule has 3 fully saturated rings. The summed E-state index contributed by atoms with van der Waals surface area (Å²) in [5.74, 6) is 0.884. The maximum atomic E-state index is 4.24. The van der Waals surface area contributed by atoms with Crippen LogP contribution in [-0.2, 0) is 0 Å². The molecule has 104 valence electrons. The van der Waals surface area contributed by atoms with Crippen molar-refractivity contribution in [2.45, 2.75) is 71.1 Å². The first-order valence-corrected chi connectivity index (χ1v) is 8.27. The fourth-order valence-electron chi connectivity index (χ4n) is 4.63. The zero-order chi connectivity index (χ0) is 13.3. The molecule has 0 N–H and O–H groups in total. The van der Waals surface area contributed by atoms with Gasteiger partial charge in [0.2, 0.25) is 0 Å². The van der Waals surface area contributed by atoms with E-state index in [1.807, 2.05) is 0 Å². The minimum absolute atomic E-state index is 0.631. The highest BCUT2D eigenvalue weighted by atomic mass is 14.5. The SMILES string of the molecule is C=C1CCCC/C1=C\C=C1/CCCC2(C)CCCC12. The lowest BCUT2D eigenvalue weighted by Crippen LogP contribution is -2.27. The molecule has 2 atom stereocenters. The molecule has 3 aliphatic carbocycles. The maximum absolute atomic E-state index is 4.24. The summed E-state index contributed by atoms with van der Waals surface area (Å²) in [7, 11) is 0. The lowest BCUT2D eigenvalue weighted by atomic mass is 9.67. The molecule has 0 heterocycles. The molecule has 0 aromatic rings. The summed E-state index contributed by atoms with van der Waals surface area (Å²) in [4.78, 5) is 0. The fraction of sp³-hybridized carbons (Fsp3) is 0.684. The van der Waals surface area contributed by atoms with E-state index in [9.17, 15) is 0 Å². The van der Waals surface area contributed by atoms with E-state index in [0.29, 0.717) is 5.41 Å². The minimum Gasteiger partial charge on any atom is -0.0956 e. The standard InChI is InChI=1S/C19H28/c1-15-7-3-4-8-16(15)11-12-17-9-5-13-19(2)14-6-10-18(17)19/h11-12,18H,1,3-10,13-14H2,2H3/b16-11+,17-12+. The predicted molar refractivity (Wildman–Crippen MR) is 83.1 cm³/mol. The van der Waals surface area contributed by atoms with E-state index < -0.39 is 0 Å². The highest BCUT2D eigenvalue weighted by molar-refractivity contribution is 5.35. The van der Waals surface area contributed by atoms with Crippen molar-refractivity contribution in [1.82, 2.24) is 0 Å². The summed E-state index contributed by atoms with van der Waals surface area (Å²) in [5.41, 5.74) is 5.31. The van der Waals surface area contributed by atoms with E-state index in [0.717, 1.165) is 5.92 Å². The van der Waals surface area contributed by atoms with Crippen molar-refractivity contribution in [3.05, 3.63) is 35.5 Å². The van der Waals surface area contributed by atoms with Crippen molar-refractivity contribution in [2.75, 3.05) is 0 Å². The van der Waals surface area contributed by atoms with Crippen LogP contribution >= 0.6 is 0 Å². The van der Waals surface area contributed by atoms with Crippen LogP contribution in [-0.4, -0.2) is 0 Å². The third-order valence-electron chi connectivity index (χ3n) is 5.87. The molecule has 0 aromatic heterocycles. The van der Waals surface area contributed by atoms with Crippen molar-refractivity contribution in [1.29, 1.82) is 0 Å². The number of hydrogen-bond acceptors (Lipinski definition) is 0. The van der Waals surface area contributed by atoms with Crippen LogP contribution in [0.15, 0.2) is 35.5 Å². The van der Waals surface area contributed by atoms with Gasteiger partial charge in [0, 0.05) is 0 Å². The van der Waals surface area contributed by atoms with Gasteiger partial charge in [-0.2, -0.15) is 0 Å². The van der Waals surface area contributed by atoms with Crippen molar-refractivity contribution in [3.8, 4) is 0 Å². The summed E-state index contributed by atoms with van der Waals surface area (Å²) < 4.78 is 0. The lowest BCUT2D eigenvalue weighted by molar-refractivity contribution is 0.201. The largest absolute Gasteiger partial charge is 0.0956 e. The molecule has 0 radical (unpaired) electrons. The average Bonchev–Trinajstić information content (AvgIpc) is 2.80. The smallest absolute Gasteiger partial charge is 0.0146 e. The second-order valence-corrected chi connectivity index (χ2v) is 7.20. The molecule has 0 nitrogen and oxygen atoms in total. The highest BCUT2D eigenvalue weighted by Crippen LogP contribution is 2.54. The number of hydrogen-bond donors (Lipinski definition) is 0. The third kappa shape index (κ3) is 2.59. The zero-order valence-corrected chi connectivity index (χ0v) is 12.5. The van der Waals surface area contributed by atoms with Crippen molar-refractivity contribution in [3.63, 3.8) is 0 Å².